The summed E-state index contributed by atoms with van der Waals surface area (Å²) in [4.78, 5) is 24.5. The van der Waals surface area contributed by atoms with Gasteiger partial charge in [0.15, 0.2) is 0 Å². The summed E-state index contributed by atoms with van der Waals surface area (Å²) in [7, 11) is 1.22. The second-order valence-electron chi connectivity index (χ2n) is 5.61. The maximum Gasteiger partial charge on any atom is 0.338 e. The molecule has 0 aliphatic rings. The topological polar surface area (TPSA) is 94.3 Å². The minimum absolute atomic E-state index is 0.0452. The SMILES string of the molecule is COC(=O)[C@H](NC(=O)c1ccc(C)cc1)c1nnc(-c2ccccc2)o1. The molecule has 0 fully saturated rings. The second-order valence-corrected chi connectivity index (χ2v) is 5.61. The van der Waals surface area contributed by atoms with E-state index in [-0.39, 0.29) is 11.8 Å². The van der Waals surface area contributed by atoms with E-state index >= 15 is 0 Å². The van der Waals surface area contributed by atoms with Crippen LogP contribution in [0.1, 0.15) is 27.9 Å². The summed E-state index contributed by atoms with van der Waals surface area (Å²) < 4.78 is 10.3. The van der Waals surface area contributed by atoms with Crippen molar-refractivity contribution in [1.29, 1.82) is 0 Å². The smallest absolute Gasteiger partial charge is 0.338 e. The predicted molar refractivity (Wildman–Crippen MR) is 93.1 cm³/mol. The van der Waals surface area contributed by atoms with Gasteiger partial charge in [0.1, 0.15) is 0 Å². The molecule has 0 saturated heterocycles. The van der Waals surface area contributed by atoms with Crippen molar-refractivity contribution in [3.05, 3.63) is 71.6 Å². The summed E-state index contributed by atoms with van der Waals surface area (Å²) >= 11 is 0. The lowest BCUT2D eigenvalue weighted by Crippen LogP contribution is -2.34. The number of ether oxygens (including phenoxy) is 1. The first-order valence-corrected chi connectivity index (χ1v) is 7.92. The highest BCUT2D eigenvalue weighted by Gasteiger charge is 2.30. The summed E-state index contributed by atoms with van der Waals surface area (Å²) in [6.45, 7) is 1.92. The Morgan fingerprint density at radius 3 is 2.38 bits per heavy atom. The molecule has 0 aliphatic carbocycles. The molecule has 0 bridgehead atoms. The second kappa shape index (κ2) is 7.60. The fourth-order valence-corrected chi connectivity index (χ4v) is 2.31. The number of methoxy groups -OCH3 is 1. The minimum atomic E-state index is -1.20. The molecule has 1 aromatic heterocycles. The highest BCUT2D eigenvalue weighted by atomic mass is 16.5. The number of carbonyl (C=O) groups excluding carboxylic acids is 2. The maximum atomic E-state index is 12.4. The molecular weight excluding hydrogens is 334 g/mol. The van der Waals surface area contributed by atoms with E-state index in [9.17, 15) is 9.59 Å². The van der Waals surface area contributed by atoms with E-state index in [1.54, 1.807) is 24.3 Å². The van der Waals surface area contributed by atoms with Crippen LogP contribution in [0.4, 0.5) is 0 Å². The number of hydrogen-bond acceptors (Lipinski definition) is 6. The Morgan fingerprint density at radius 2 is 1.73 bits per heavy atom. The molecule has 2 aromatic carbocycles. The lowest BCUT2D eigenvalue weighted by atomic mass is 10.1. The summed E-state index contributed by atoms with van der Waals surface area (Å²) in [6.07, 6.45) is 0. The fraction of sp³-hybridized carbons (Fsp3) is 0.158. The van der Waals surface area contributed by atoms with Gasteiger partial charge in [-0.25, -0.2) is 4.79 Å². The van der Waals surface area contributed by atoms with Crippen LogP contribution in [-0.2, 0) is 9.53 Å². The summed E-state index contributed by atoms with van der Waals surface area (Å²) in [5, 5.41) is 10.4. The Kier molecular flexibility index (Phi) is 5.07. The highest BCUT2D eigenvalue weighted by molar-refractivity contribution is 5.96. The number of amides is 1. The molecule has 132 valence electrons. The number of carbonyl (C=O) groups is 2. The Morgan fingerprint density at radius 1 is 1.04 bits per heavy atom. The molecule has 3 aromatic rings. The predicted octanol–water partition coefficient (Wildman–Crippen LogP) is 2.69. The van der Waals surface area contributed by atoms with E-state index in [0.717, 1.165) is 5.56 Å². The molecule has 3 rings (SSSR count). The maximum absolute atomic E-state index is 12.4. The molecule has 0 unspecified atom stereocenters. The summed E-state index contributed by atoms with van der Waals surface area (Å²) in [5.74, 6) is -0.941. The fourth-order valence-electron chi connectivity index (χ4n) is 2.31. The number of aryl methyl sites for hydroxylation is 1. The van der Waals surface area contributed by atoms with Crippen LogP contribution in [0, 0.1) is 6.92 Å². The number of nitrogens with one attached hydrogen (secondary N) is 1. The van der Waals surface area contributed by atoms with Crippen LogP contribution >= 0.6 is 0 Å². The van der Waals surface area contributed by atoms with Crippen molar-refractivity contribution in [1.82, 2.24) is 15.5 Å². The number of hydrogen-bond donors (Lipinski definition) is 1. The standard InChI is InChI=1S/C19H17N3O4/c1-12-8-10-13(11-9-12)16(23)20-15(19(24)25-2)18-22-21-17(26-18)14-6-4-3-5-7-14/h3-11,15H,1-2H3,(H,20,23)/t15-/m1/s1. The Hall–Kier alpha value is -3.48. The molecule has 7 heteroatoms. The van der Waals surface area contributed by atoms with Crippen molar-refractivity contribution in [2.45, 2.75) is 13.0 Å². The van der Waals surface area contributed by atoms with Crippen LogP contribution in [0.25, 0.3) is 11.5 Å². The van der Waals surface area contributed by atoms with Gasteiger partial charge in [-0.3, -0.25) is 4.79 Å². The van der Waals surface area contributed by atoms with Crippen molar-refractivity contribution in [3.63, 3.8) is 0 Å². The molecule has 0 saturated carbocycles. The van der Waals surface area contributed by atoms with Crippen LogP contribution in [0.2, 0.25) is 0 Å². The zero-order chi connectivity index (χ0) is 18.5. The first-order valence-electron chi connectivity index (χ1n) is 7.92. The largest absolute Gasteiger partial charge is 0.467 e. The molecule has 0 spiro atoms. The normalized spacial score (nSPS) is 11.6. The van der Waals surface area contributed by atoms with Crippen molar-refractivity contribution in [2.75, 3.05) is 7.11 Å². The van der Waals surface area contributed by atoms with E-state index in [1.807, 2.05) is 37.3 Å². The lowest BCUT2D eigenvalue weighted by molar-refractivity contribution is -0.143. The van der Waals surface area contributed by atoms with Crippen molar-refractivity contribution < 1.29 is 18.7 Å². The Bertz CT molecular complexity index is 904. The number of nitrogens with zero attached hydrogens (tertiary/aromatic N) is 2. The number of rotatable bonds is 5. The molecule has 1 atom stereocenters. The Balaban J connectivity index is 1.85. The van der Waals surface area contributed by atoms with Crippen LogP contribution in [0.3, 0.4) is 0 Å². The molecule has 1 amide bonds. The van der Waals surface area contributed by atoms with E-state index in [0.29, 0.717) is 11.1 Å². The third-order valence-corrected chi connectivity index (χ3v) is 3.73. The summed E-state index contributed by atoms with van der Waals surface area (Å²) in [5.41, 5.74) is 2.14. The Labute approximate surface area is 150 Å². The molecule has 0 aliphatic heterocycles. The van der Waals surface area contributed by atoms with Gasteiger partial charge < -0.3 is 14.5 Å². The monoisotopic (exact) mass is 351 g/mol. The van der Waals surface area contributed by atoms with Gasteiger partial charge in [-0.05, 0) is 31.2 Å². The molecule has 7 nitrogen and oxygen atoms in total. The quantitative estimate of drug-likeness (QED) is 0.710. The van der Waals surface area contributed by atoms with Gasteiger partial charge in [-0.2, -0.15) is 0 Å². The van der Waals surface area contributed by atoms with Gasteiger partial charge in [0, 0.05) is 11.1 Å². The highest BCUT2D eigenvalue weighted by Crippen LogP contribution is 2.21. The minimum Gasteiger partial charge on any atom is -0.467 e. The molecule has 26 heavy (non-hydrogen) atoms. The number of esters is 1. The van der Waals surface area contributed by atoms with Gasteiger partial charge in [0.05, 0.1) is 7.11 Å². The van der Waals surface area contributed by atoms with Gasteiger partial charge in [0.25, 0.3) is 11.8 Å². The van der Waals surface area contributed by atoms with Crippen molar-refractivity contribution in [2.24, 2.45) is 0 Å². The van der Waals surface area contributed by atoms with Crippen molar-refractivity contribution in [3.8, 4) is 11.5 Å². The summed E-state index contributed by atoms with van der Waals surface area (Å²) in [6, 6.07) is 14.9. The molecule has 0 radical (unpaired) electrons. The third-order valence-electron chi connectivity index (χ3n) is 3.73. The number of aromatic nitrogens is 2. The van der Waals surface area contributed by atoms with Crippen LogP contribution in [-0.4, -0.2) is 29.2 Å². The van der Waals surface area contributed by atoms with Gasteiger partial charge in [0.2, 0.25) is 11.9 Å². The molecule has 1 N–H and O–H groups in total. The van der Waals surface area contributed by atoms with E-state index in [4.69, 9.17) is 9.15 Å². The zero-order valence-electron chi connectivity index (χ0n) is 14.3. The first kappa shape index (κ1) is 17.3. The van der Waals surface area contributed by atoms with E-state index in [1.165, 1.54) is 7.11 Å². The zero-order valence-corrected chi connectivity index (χ0v) is 14.3. The van der Waals surface area contributed by atoms with E-state index < -0.39 is 17.9 Å². The van der Waals surface area contributed by atoms with Crippen LogP contribution in [0.15, 0.2) is 59.0 Å². The first-order chi connectivity index (χ1) is 12.6. The molecule has 1 heterocycles. The average Bonchev–Trinajstić information content (AvgIpc) is 3.16. The van der Waals surface area contributed by atoms with Gasteiger partial charge >= 0.3 is 5.97 Å². The van der Waals surface area contributed by atoms with Crippen LogP contribution in [0.5, 0.6) is 0 Å². The number of benzene rings is 2. The lowest BCUT2D eigenvalue weighted by Gasteiger charge is -2.13. The van der Waals surface area contributed by atoms with Crippen LogP contribution < -0.4 is 5.32 Å². The molecular formula is C19H17N3O4. The third kappa shape index (κ3) is 3.77. The van der Waals surface area contributed by atoms with E-state index in [2.05, 4.69) is 15.5 Å². The van der Waals surface area contributed by atoms with Gasteiger partial charge in [-0.15, -0.1) is 10.2 Å². The average molecular weight is 351 g/mol. The van der Waals surface area contributed by atoms with Gasteiger partial charge in [-0.1, -0.05) is 35.9 Å². The van der Waals surface area contributed by atoms with Crippen molar-refractivity contribution >= 4 is 11.9 Å².